The summed E-state index contributed by atoms with van der Waals surface area (Å²) in [5.41, 5.74) is 0.541. The smallest absolute Gasteiger partial charge is 0.236 e. The van der Waals surface area contributed by atoms with Crippen molar-refractivity contribution in [1.82, 2.24) is 0 Å². The molecule has 1 atom stereocenters. The molecule has 3 nitrogen and oxygen atoms in total. The minimum atomic E-state index is -1.41. The predicted octanol–water partition coefficient (Wildman–Crippen LogP) is 3.37. The van der Waals surface area contributed by atoms with Crippen LogP contribution < -0.4 is 9.47 Å². The first kappa shape index (κ1) is 12.9. The molecule has 0 heterocycles. The van der Waals surface area contributed by atoms with E-state index in [1.807, 2.05) is 0 Å². The zero-order valence-corrected chi connectivity index (χ0v) is 10.6. The second-order valence-electron chi connectivity index (χ2n) is 4.63. The average molecular weight is 252 g/mol. The summed E-state index contributed by atoms with van der Waals surface area (Å²) < 4.78 is 23.5. The maximum atomic E-state index is 12.9. The van der Waals surface area contributed by atoms with Crippen LogP contribution in [-0.2, 0) is 0 Å². The SMILES string of the molecule is CC(=O)c1ccc(OC(C)F)c(OCC2CC2)c1. The number of carbonyl (C=O) groups is 1. The van der Waals surface area contributed by atoms with Gasteiger partial charge in [-0.1, -0.05) is 0 Å². The van der Waals surface area contributed by atoms with Crippen LogP contribution in [-0.4, -0.2) is 18.7 Å². The second kappa shape index (κ2) is 5.38. The minimum absolute atomic E-state index is 0.0499. The fraction of sp³-hybridized carbons (Fsp3) is 0.500. The van der Waals surface area contributed by atoms with Gasteiger partial charge in [-0.3, -0.25) is 4.79 Å². The van der Waals surface area contributed by atoms with Crippen LogP contribution in [0.1, 0.15) is 37.0 Å². The van der Waals surface area contributed by atoms with Crippen LogP contribution in [0.2, 0.25) is 0 Å². The number of alkyl halides is 1. The Balaban J connectivity index is 2.17. The highest BCUT2D eigenvalue weighted by Crippen LogP contribution is 2.34. The van der Waals surface area contributed by atoms with Crippen molar-refractivity contribution >= 4 is 5.78 Å². The number of rotatable bonds is 6. The molecule has 1 aliphatic carbocycles. The molecule has 0 radical (unpaired) electrons. The van der Waals surface area contributed by atoms with Crippen LogP contribution in [0, 0.1) is 5.92 Å². The van der Waals surface area contributed by atoms with Gasteiger partial charge in [0, 0.05) is 12.5 Å². The lowest BCUT2D eigenvalue weighted by Gasteiger charge is -2.14. The molecule has 1 saturated carbocycles. The van der Waals surface area contributed by atoms with Gasteiger partial charge < -0.3 is 9.47 Å². The fourth-order valence-corrected chi connectivity index (χ4v) is 1.60. The third-order valence-corrected chi connectivity index (χ3v) is 2.81. The number of benzene rings is 1. The Labute approximate surface area is 106 Å². The number of ketones is 1. The third-order valence-electron chi connectivity index (χ3n) is 2.81. The van der Waals surface area contributed by atoms with Gasteiger partial charge in [0.25, 0.3) is 0 Å². The Morgan fingerprint density at radius 3 is 2.72 bits per heavy atom. The first-order valence-corrected chi connectivity index (χ1v) is 6.15. The predicted molar refractivity (Wildman–Crippen MR) is 65.9 cm³/mol. The van der Waals surface area contributed by atoms with E-state index in [4.69, 9.17) is 9.47 Å². The van der Waals surface area contributed by atoms with Crippen LogP contribution >= 0.6 is 0 Å². The van der Waals surface area contributed by atoms with E-state index in [9.17, 15) is 9.18 Å². The van der Waals surface area contributed by atoms with Gasteiger partial charge in [0.05, 0.1) is 6.61 Å². The van der Waals surface area contributed by atoms with E-state index in [1.165, 1.54) is 26.7 Å². The Kier molecular flexibility index (Phi) is 3.84. The van der Waals surface area contributed by atoms with E-state index >= 15 is 0 Å². The minimum Gasteiger partial charge on any atom is -0.489 e. The maximum Gasteiger partial charge on any atom is 0.236 e. The number of Topliss-reactive ketones (excluding diaryl/α,β-unsaturated/α-hetero) is 1. The lowest BCUT2D eigenvalue weighted by atomic mass is 10.1. The van der Waals surface area contributed by atoms with Crippen molar-refractivity contribution in [2.24, 2.45) is 5.92 Å². The van der Waals surface area contributed by atoms with E-state index in [-0.39, 0.29) is 5.78 Å². The van der Waals surface area contributed by atoms with Crippen molar-refractivity contribution in [3.05, 3.63) is 23.8 Å². The number of carbonyl (C=O) groups excluding carboxylic acids is 1. The zero-order valence-electron chi connectivity index (χ0n) is 10.6. The van der Waals surface area contributed by atoms with Crippen LogP contribution in [0.3, 0.4) is 0 Å². The van der Waals surface area contributed by atoms with Gasteiger partial charge in [-0.2, -0.15) is 0 Å². The molecule has 0 spiro atoms. The highest BCUT2D eigenvalue weighted by atomic mass is 19.1. The summed E-state index contributed by atoms with van der Waals surface area (Å²) in [7, 11) is 0. The molecule has 1 unspecified atom stereocenters. The Hall–Kier alpha value is -1.58. The lowest BCUT2D eigenvalue weighted by molar-refractivity contribution is 0.0812. The monoisotopic (exact) mass is 252 g/mol. The summed E-state index contributed by atoms with van der Waals surface area (Å²) in [4.78, 5) is 11.3. The molecule has 0 aromatic heterocycles. The lowest BCUT2D eigenvalue weighted by Crippen LogP contribution is -2.08. The van der Waals surface area contributed by atoms with Gasteiger partial charge in [0.2, 0.25) is 6.36 Å². The summed E-state index contributed by atoms with van der Waals surface area (Å²) in [6.07, 6.45) is 0.931. The van der Waals surface area contributed by atoms with Crippen LogP contribution in [0.25, 0.3) is 0 Å². The Bertz CT molecular complexity index is 439. The van der Waals surface area contributed by atoms with Crippen LogP contribution in [0.5, 0.6) is 11.5 Å². The van der Waals surface area contributed by atoms with Crippen molar-refractivity contribution in [2.75, 3.05) is 6.61 Å². The molecule has 4 heteroatoms. The molecule has 0 aliphatic heterocycles. The van der Waals surface area contributed by atoms with E-state index in [0.717, 1.165) is 0 Å². The van der Waals surface area contributed by atoms with Crippen molar-refractivity contribution in [1.29, 1.82) is 0 Å². The molecule has 0 bridgehead atoms. The standard InChI is InChI=1S/C14H17FO3/c1-9(16)12-5-6-13(18-10(2)15)14(7-12)17-8-11-3-4-11/h5-7,10-11H,3-4,8H2,1-2H3. The summed E-state index contributed by atoms with van der Waals surface area (Å²) >= 11 is 0. The molecule has 18 heavy (non-hydrogen) atoms. The topological polar surface area (TPSA) is 35.5 Å². The number of ether oxygens (including phenoxy) is 2. The first-order valence-electron chi connectivity index (χ1n) is 6.15. The number of halogens is 1. The quantitative estimate of drug-likeness (QED) is 0.728. The summed E-state index contributed by atoms with van der Waals surface area (Å²) in [5.74, 6) is 1.32. The normalized spacial score (nSPS) is 16.2. The molecule has 2 rings (SSSR count). The Morgan fingerprint density at radius 1 is 1.44 bits per heavy atom. The Morgan fingerprint density at radius 2 is 2.17 bits per heavy atom. The van der Waals surface area contributed by atoms with Gasteiger partial charge in [-0.15, -0.1) is 0 Å². The highest BCUT2D eigenvalue weighted by Gasteiger charge is 2.23. The van der Waals surface area contributed by atoms with Crippen LogP contribution in [0.4, 0.5) is 4.39 Å². The highest BCUT2D eigenvalue weighted by molar-refractivity contribution is 5.94. The van der Waals surface area contributed by atoms with Gasteiger partial charge >= 0.3 is 0 Å². The van der Waals surface area contributed by atoms with E-state index in [1.54, 1.807) is 18.2 Å². The molecule has 0 saturated heterocycles. The molecule has 0 amide bonds. The van der Waals surface area contributed by atoms with Crippen molar-refractivity contribution < 1.29 is 18.7 Å². The average Bonchev–Trinajstić information content (AvgIpc) is 3.10. The van der Waals surface area contributed by atoms with Gasteiger partial charge in [-0.25, -0.2) is 4.39 Å². The number of hydrogen-bond acceptors (Lipinski definition) is 3. The largest absolute Gasteiger partial charge is 0.489 e. The fourth-order valence-electron chi connectivity index (χ4n) is 1.60. The zero-order chi connectivity index (χ0) is 13.1. The molecule has 1 aromatic rings. The van der Waals surface area contributed by atoms with Crippen molar-refractivity contribution in [2.45, 2.75) is 33.0 Å². The van der Waals surface area contributed by atoms with E-state index in [2.05, 4.69) is 0 Å². The number of hydrogen-bond donors (Lipinski definition) is 0. The van der Waals surface area contributed by atoms with Crippen LogP contribution in [0.15, 0.2) is 18.2 Å². The molecule has 1 aliphatic rings. The maximum absolute atomic E-state index is 12.9. The molecule has 1 aromatic carbocycles. The van der Waals surface area contributed by atoms with Gasteiger partial charge in [0.15, 0.2) is 17.3 Å². The molecule has 1 fully saturated rings. The summed E-state index contributed by atoms with van der Waals surface area (Å²) in [6, 6.07) is 4.81. The molecular weight excluding hydrogens is 235 g/mol. The second-order valence-corrected chi connectivity index (χ2v) is 4.63. The van der Waals surface area contributed by atoms with Crippen molar-refractivity contribution in [3.8, 4) is 11.5 Å². The van der Waals surface area contributed by atoms with Crippen molar-refractivity contribution in [3.63, 3.8) is 0 Å². The molecule has 98 valence electrons. The summed E-state index contributed by atoms with van der Waals surface area (Å²) in [6.45, 7) is 3.39. The first-order chi connectivity index (χ1) is 8.56. The van der Waals surface area contributed by atoms with E-state index in [0.29, 0.717) is 29.6 Å². The molecule has 0 N–H and O–H groups in total. The summed E-state index contributed by atoms with van der Waals surface area (Å²) in [5, 5.41) is 0. The van der Waals surface area contributed by atoms with E-state index < -0.39 is 6.36 Å². The van der Waals surface area contributed by atoms with Gasteiger partial charge in [0.1, 0.15) is 0 Å². The van der Waals surface area contributed by atoms with Gasteiger partial charge in [-0.05, 0) is 43.9 Å². The third kappa shape index (κ3) is 3.45. The molecular formula is C14H17FO3.